The van der Waals surface area contributed by atoms with Crippen molar-refractivity contribution in [2.45, 2.75) is 12.5 Å². The molecule has 0 saturated heterocycles. The van der Waals surface area contributed by atoms with E-state index in [9.17, 15) is 4.79 Å². The highest BCUT2D eigenvalue weighted by molar-refractivity contribution is 5.73. The molecule has 2 rings (SSSR count). The number of hydrogen-bond donors (Lipinski definition) is 2. The van der Waals surface area contributed by atoms with Crippen LogP contribution in [0, 0.1) is 0 Å². The fourth-order valence-corrected chi connectivity index (χ4v) is 1.92. The number of nitrogens with two attached hydrogens (primary N) is 1. The van der Waals surface area contributed by atoms with Gasteiger partial charge in [0.25, 0.3) is 0 Å². The number of nitrogens with zero attached hydrogens (tertiary/aromatic N) is 1. The lowest BCUT2D eigenvalue weighted by molar-refractivity contribution is -0.138. The summed E-state index contributed by atoms with van der Waals surface area (Å²) in [7, 11) is 1.86. The summed E-state index contributed by atoms with van der Waals surface area (Å²) in [5.41, 5.74) is 6.61. The highest BCUT2D eigenvalue weighted by Crippen LogP contribution is 2.32. The standard InChI is InChI=1S/C13H18N2O4/c1-15(7-10(14)13(16)17)5-4-9-2-3-11-12(6-9)19-8-18-11/h2-3,6,10H,4-5,7-8,14H2,1H3,(H,16,17). The van der Waals surface area contributed by atoms with Gasteiger partial charge in [0.2, 0.25) is 6.79 Å². The quantitative estimate of drug-likeness (QED) is 0.770. The molecular weight excluding hydrogens is 248 g/mol. The van der Waals surface area contributed by atoms with E-state index >= 15 is 0 Å². The molecule has 0 radical (unpaired) electrons. The van der Waals surface area contributed by atoms with Crippen LogP contribution in [0.4, 0.5) is 0 Å². The van der Waals surface area contributed by atoms with E-state index in [1.165, 1.54) is 0 Å². The van der Waals surface area contributed by atoms with E-state index in [1.807, 2.05) is 30.1 Å². The first kappa shape index (κ1) is 13.6. The van der Waals surface area contributed by atoms with Crippen LogP contribution in [0.3, 0.4) is 0 Å². The van der Waals surface area contributed by atoms with Crippen molar-refractivity contribution in [3.05, 3.63) is 23.8 Å². The fraction of sp³-hybridized carbons (Fsp3) is 0.462. The van der Waals surface area contributed by atoms with E-state index in [2.05, 4.69) is 0 Å². The average Bonchev–Trinajstić information content (AvgIpc) is 2.83. The molecule has 0 fully saturated rings. The van der Waals surface area contributed by atoms with Gasteiger partial charge in [-0.3, -0.25) is 4.79 Å². The van der Waals surface area contributed by atoms with Crippen molar-refractivity contribution in [3.8, 4) is 11.5 Å². The summed E-state index contributed by atoms with van der Waals surface area (Å²) in [5.74, 6) is 0.558. The number of ether oxygens (including phenoxy) is 2. The lowest BCUT2D eigenvalue weighted by Gasteiger charge is -2.18. The Morgan fingerprint density at radius 3 is 2.95 bits per heavy atom. The predicted octanol–water partition coefficient (Wildman–Crippen LogP) is 0.302. The molecule has 1 aliphatic heterocycles. The second-order valence-corrected chi connectivity index (χ2v) is 4.64. The Morgan fingerprint density at radius 1 is 1.47 bits per heavy atom. The molecule has 0 saturated carbocycles. The van der Waals surface area contributed by atoms with Gasteiger partial charge in [-0.15, -0.1) is 0 Å². The Hall–Kier alpha value is -1.79. The maximum atomic E-state index is 10.7. The highest BCUT2D eigenvalue weighted by Gasteiger charge is 2.15. The third kappa shape index (κ3) is 3.59. The number of fused-ring (bicyclic) bond motifs is 1. The molecule has 0 spiro atoms. The first-order chi connectivity index (χ1) is 9.06. The second kappa shape index (κ2) is 5.90. The number of rotatable bonds is 6. The van der Waals surface area contributed by atoms with Crippen LogP contribution < -0.4 is 15.2 Å². The van der Waals surface area contributed by atoms with Crippen molar-refractivity contribution in [2.24, 2.45) is 5.73 Å². The molecule has 1 heterocycles. The predicted molar refractivity (Wildman–Crippen MR) is 69.4 cm³/mol. The molecule has 6 nitrogen and oxygen atoms in total. The van der Waals surface area contributed by atoms with Gasteiger partial charge in [-0.2, -0.15) is 0 Å². The number of carboxylic acids is 1. The summed E-state index contributed by atoms with van der Waals surface area (Å²) < 4.78 is 10.6. The molecule has 19 heavy (non-hydrogen) atoms. The van der Waals surface area contributed by atoms with Gasteiger partial charge in [0, 0.05) is 13.1 Å². The Kier molecular flexibility index (Phi) is 4.24. The zero-order valence-corrected chi connectivity index (χ0v) is 10.8. The third-order valence-electron chi connectivity index (χ3n) is 3.04. The third-order valence-corrected chi connectivity index (χ3v) is 3.04. The first-order valence-corrected chi connectivity index (χ1v) is 6.11. The summed E-state index contributed by atoms with van der Waals surface area (Å²) in [6.45, 7) is 1.34. The number of likely N-dealkylation sites (N-methyl/N-ethyl adjacent to an activating group) is 1. The number of benzene rings is 1. The van der Waals surface area contributed by atoms with Crippen LogP contribution in [-0.2, 0) is 11.2 Å². The Bertz CT molecular complexity index is 464. The zero-order chi connectivity index (χ0) is 13.8. The van der Waals surface area contributed by atoms with Crippen molar-refractivity contribution in [1.82, 2.24) is 4.90 Å². The molecule has 6 heteroatoms. The van der Waals surface area contributed by atoms with E-state index in [1.54, 1.807) is 0 Å². The maximum Gasteiger partial charge on any atom is 0.321 e. The lowest BCUT2D eigenvalue weighted by atomic mass is 10.1. The molecule has 0 aliphatic carbocycles. The van der Waals surface area contributed by atoms with Crippen LogP contribution in [0.15, 0.2) is 18.2 Å². The molecule has 3 N–H and O–H groups in total. The van der Waals surface area contributed by atoms with Gasteiger partial charge < -0.3 is 25.2 Å². The highest BCUT2D eigenvalue weighted by atomic mass is 16.7. The monoisotopic (exact) mass is 266 g/mol. The van der Waals surface area contributed by atoms with Gasteiger partial charge in [-0.1, -0.05) is 6.07 Å². The molecule has 1 aromatic rings. The average molecular weight is 266 g/mol. The van der Waals surface area contributed by atoms with Gasteiger partial charge in [-0.25, -0.2) is 0 Å². The molecule has 1 atom stereocenters. The van der Waals surface area contributed by atoms with E-state index in [0.717, 1.165) is 30.0 Å². The number of hydrogen-bond acceptors (Lipinski definition) is 5. The summed E-state index contributed by atoms with van der Waals surface area (Å²) in [4.78, 5) is 12.6. The number of aliphatic carboxylic acids is 1. The lowest BCUT2D eigenvalue weighted by Crippen LogP contribution is -2.41. The van der Waals surface area contributed by atoms with Gasteiger partial charge >= 0.3 is 5.97 Å². The summed E-state index contributed by atoms with van der Waals surface area (Å²) in [5, 5.41) is 8.74. The molecule has 1 aliphatic rings. The molecule has 0 amide bonds. The van der Waals surface area contributed by atoms with Crippen molar-refractivity contribution >= 4 is 5.97 Å². The van der Waals surface area contributed by atoms with Crippen molar-refractivity contribution < 1.29 is 19.4 Å². The molecule has 0 bridgehead atoms. The summed E-state index contributed by atoms with van der Waals surface area (Å²) in [6.07, 6.45) is 0.805. The Balaban J connectivity index is 1.83. The van der Waals surface area contributed by atoms with Gasteiger partial charge in [-0.05, 0) is 31.2 Å². The molecule has 0 aromatic heterocycles. The van der Waals surface area contributed by atoms with Crippen LogP contribution in [0.25, 0.3) is 0 Å². The molecular formula is C13H18N2O4. The minimum absolute atomic E-state index is 0.270. The van der Waals surface area contributed by atoms with Crippen LogP contribution in [0.1, 0.15) is 5.56 Å². The topological polar surface area (TPSA) is 85.0 Å². The van der Waals surface area contributed by atoms with Crippen molar-refractivity contribution in [3.63, 3.8) is 0 Å². The SMILES string of the molecule is CN(CCc1ccc2c(c1)OCO2)CC(N)C(=O)O. The van der Waals surface area contributed by atoms with Crippen LogP contribution in [-0.4, -0.2) is 48.9 Å². The summed E-state index contributed by atoms with van der Waals surface area (Å²) >= 11 is 0. The Labute approximate surface area is 111 Å². The first-order valence-electron chi connectivity index (χ1n) is 6.11. The second-order valence-electron chi connectivity index (χ2n) is 4.64. The number of carboxylic acid groups (broad SMARTS) is 1. The minimum Gasteiger partial charge on any atom is -0.480 e. The van der Waals surface area contributed by atoms with Crippen molar-refractivity contribution in [2.75, 3.05) is 26.9 Å². The van der Waals surface area contributed by atoms with Crippen LogP contribution in [0.5, 0.6) is 11.5 Å². The molecule has 1 unspecified atom stereocenters. The fourth-order valence-electron chi connectivity index (χ4n) is 1.92. The van der Waals surface area contributed by atoms with Crippen LogP contribution >= 0.6 is 0 Å². The van der Waals surface area contributed by atoms with Gasteiger partial charge in [0.05, 0.1) is 0 Å². The summed E-state index contributed by atoms with van der Waals surface area (Å²) in [6, 6.07) is 4.98. The van der Waals surface area contributed by atoms with E-state index < -0.39 is 12.0 Å². The molecule has 104 valence electrons. The van der Waals surface area contributed by atoms with Crippen LogP contribution in [0.2, 0.25) is 0 Å². The Morgan fingerprint density at radius 2 is 2.21 bits per heavy atom. The van der Waals surface area contributed by atoms with Gasteiger partial charge in [0.1, 0.15) is 6.04 Å². The van der Waals surface area contributed by atoms with E-state index in [4.69, 9.17) is 20.3 Å². The normalized spacial score (nSPS) is 14.7. The maximum absolute atomic E-state index is 10.7. The van der Waals surface area contributed by atoms with E-state index in [0.29, 0.717) is 6.54 Å². The molecule has 1 aromatic carbocycles. The largest absolute Gasteiger partial charge is 0.480 e. The van der Waals surface area contributed by atoms with E-state index in [-0.39, 0.29) is 6.79 Å². The number of carbonyl (C=O) groups is 1. The smallest absolute Gasteiger partial charge is 0.321 e. The van der Waals surface area contributed by atoms with Gasteiger partial charge in [0.15, 0.2) is 11.5 Å². The zero-order valence-electron chi connectivity index (χ0n) is 10.8. The minimum atomic E-state index is -0.977. The van der Waals surface area contributed by atoms with Crippen molar-refractivity contribution in [1.29, 1.82) is 0 Å².